The first-order chi connectivity index (χ1) is 19.9. The van der Waals surface area contributed by atoms with E-state index in [2.05, 4.69) is 43.8 Å². The number of piperidine rings is 1. The number of carbonyl (C=O) groups is 2. The maximum absolute atomic E-state index is 13.1. The number of morpholine rings is 1. The summed E-state index contributed by atoms with van der Waals surface area (Å²) >= 11 is 0. The van der Waals surface area contributed by atoms with Gasteiger partial charge < -0.3 is 30.5 Å². The van der Waals surface area contributed by atoms with Crippen molar-refractivity contribution in [3.8, 4) is 11.3 Å². The Labute approximate surface area is 239 Å². The molecule has 3 aliphatic rings. The molecule has 5 heterocycles. The van der Waals surface area contributed by atoms with Gasteiger partial charge in [-0.1, -0.05) is 6.58 Å². The van der Waals surface area contributed by atoms with Crippen molar-refractivity contribution in [3.63, 3.8) is 0 Å². The second-order valence-electron chi connectivity index (χ2n) is 10.9. The molecule has 0 saturated carbocycles. The van der Waals surface area contributed by atoms with Gasteiger partial charge >= 0.3 is 0 Å². The van der Waals surface area contributed by atoms with Crippen LogP contribution in [-0.2, 0) is 9.53 Å². The zero-order valence-electron chi connectivity index (χ0n) is 23.0. The van der Waals surface area contributed by atoms with Crippen LogP contribution in [0.25, 0.3) is 11.3 Å². The minimum Gasteiger partial charge on any atom is -0.378 e. The Morgan fingerprint density at radius 2 is 1.66 bits per heavy atom. The smallest absolute Gasteiger partial charge is 0.253 e. The number of nitrogens with one attached hydrogen (secondary N) is 1. The zero-order valence-corrected chi connectivity index (χ0v) is 23.0. The normalized spacial score (nSPS) is 18.1. The minimum absolute atomic E-state index is 0.0253. The highest BCUT2D eigenvalue weighted by Gasteiger charge is 2.45. The fraction of sp³-hybridized carbons (Fsp3) is 0.367. The van der Waals surface area contributed by atoms with Gasteiger partial charge in [-0.05, 0) is 49.2 Å². The number of carbonyl (C=O) groups excluding carboxylic acids is 2. The maximum atomic E-state index is 13.1. The van der Waals surface area contributed by atoms with Gasteiger partial charge in [0.1, 0.15) is 5.82 Å². The Morgan fingerprint density at radius 3 is 2.32 bits per heavy atom. The lowest BCUT2D eigenvalue weighted by Crippen LogP contribution is -2.61. The minimum atomic E-state index is -0.278. The second kappa shape index (κ2) is 11.2. The number of hydrogen-bond donors (Lipinski definition) is 2. The van der Waals surface area contributed by atoms with E-state index in [1.54, 1.807) is 36.7 Å². The summed E-state index contributed by atoms with van der Waals surface area (Å²) in [5.74, 6) is 0.910. The molecule has 6 rings (SSSR count). The predicted molar refractivity (Wildman–Crippen MR) is 158 cm³/mol. The summed E-state index contributed by atoms with van der Waals surface area (Å²) in [6.45, 7) is 9.76. The van der Waals surface area contributed by atoms with Gasteiger partial charge in [-0.15, -0.1) is 0 Å². The van der Waals surface area contributed by atoms with Gasteiger partial charge in [0, 0.05) is 85.6 Å². The molecule has 0 unspecified atom stereocenters. The summed E-state index contributed by atoms with van der Waals surface area (Å²) in [6, 6.07) is 11.3. The van der Waals surface area contributed by atoms with E-state index in [0.717, 1.165) is 74.9 Å². The Morgan fingerprint density at radius 1 is 0.976 bits per heavy atom. The number of pyridine rings is 1. The average Bonchev–Trinajstić information content (AvgIpc) is 3.00. The zero-order chi connectivity index (χ0) is 28.4. The fourth-order valence-corrected chi connectivity index (χ4v) is 5.78. The number of amides is 2. The van der Waals surface area contributed by atoms with E-state index in [4.69, 9.17) is 15.5 Å². The number of nitrogen functional groups attached to an aromatic ring is 1. The SMILES string of the molecule is C=CC(=O)Nc1ccc(C(=O)N2CCC3(CC2)CN(c2cc(-c4cnc(N)nc4)nc(N4CCOCC4)c2)C3)cc1. The molecule has 0 atom stereocenters. The summed E-state index contributed by atoms with van der Waals surface area (Å²) in [5.41, 5.74) is 9.95. The lowest BCUT2D eigenvalue weighted by atomic mass is 9.71. The molecule has 11 heteroatoms. The first-order valence-electron chi connectivity index (χ1n) is 13.9. The Bertz CT molecular complexity index is 1420. The van der Waals surface area contributed by atoms with Crippen LogP contribution in [0.3, 0.4) is 0 Å². The Kier molecular flexibility index (Phi) is 7.27. The third kappa shape index (κ3) is 5.71. The number of rotatable bonds is 6. The molecule has 0 bridgehead atoms. The highest BCUT2D eigenvalue weighted by molar-refractivity contribution is 5.99. The Hall–Kier alpha value is -4.51. The molecule has 0 radical (unpaired) electrons. The number of aromatic nitrogens is 3. The molecule has 0 aliphatic carbocycles. The molecule has 11 nitrogen and oxygen atoms in total. The number of likely N-dealkylation sites (tertiary alicyclic amines) is 1. The van der Waals surface area contributed by atoms with E-state index < -0.39 is 0 Å². The van der Waals surface area contributed by atoms with Crippen LogP contribution in [0.4, 0.5) is 23.1 Å². The Balaban J connectivity index is 1.11. The van der Waals surface area contributed by atoms with Crippen LogP contribution in [0.5, 0.6) is 0 Å². The lowest BCUT2D eigenvalue weighted by Gasteiger charge is -2.55. The van der Waals surface area contributed by atoms with Gasteiger partial charge in [-0.2, -0.15) is 0 Å². The summed E-state index contributed by atoms with van der Waals surface area (Å²) in [7, 11) is 0. The summed E-state index contributed by atoms with van der Waals surface area (Å²) in [6.07, 6.45) is 6.57. The van der Waals surface area contributed by atoms with Crippen LogP contribution in [0.1, 0.15) is 23.2 Å². The third-order valence-electron chi connectivity index (χ3n) is 8.21. The molecule has 3 N–H and O–H groups in total. The number of nitrogens with zero attached hydrogens (tertiary/aromatic N) is 6. The summed E-state index contributed by atoms with van der Waals surface area (Å²) in [5, 5.41) is 2.71. The molecule has 212 valence electrons. The van der Waals surface area contributed by atoms with Crippen molar-refractivity contribution in [2.75, 3.05) is 73.3 Å². The number of benzene rings is 1. The van der Waals surface area contributed by atoms with E-state index >= 15 is 0 Å². The van der Waals surface area contributed by atoms with E-state index in [9.17, 15) is 9.59 Å². The average molecular weight is 555 g/mol. The predicted octanol–water partition coefficient (Wildman–Crippen LogP) is 2.82. The van der Waals surface area contributed by atoms with Gasteiger partial charge in [0.25, 0.3) is 5.91 Å². The first-order valence-corrected chi connectivity index (χ1v) is 13.9. The van der Waals surface area contributed by atoms with Crippen LogP contribution < -0.4 is 20.9 Å². The van der Waals surface area contributed by atoms with Crippen molar-refractivity contribution in [2.24, 2.45) is 5.41 Å². The number of ether oxygens (including phenoxy) is 1. The highest BCUT2D eigenvalue weighted by atomic mass is 16.5. The van der Waals surface area contributed by atoms with E-state index in [1.807, 2.05) is 4.90 Å². The van der Waals surface area contributed by atoms with Crippen molar-refractivity contribution < 1.29 is 14.3 Å². The second-order valence-corrected chi connectivity index (χ2v) is 10.9. The van der Waals surface area contributed by atoms with Crippen molar-refractivity contribution in [3.05, 3.63) is 67.0 Å². The highest BCUT2D eigenvalue weighted by Crippen LogP contribution is 2.44. The standard InChI is InChI=1S/C30H34N8O3/c1-2-27(39)34-23-5-3-21(4-6-23)28(40)37-9-7-30(8-10-37)19-38(20-30)24-15-25(22-17-32-29(31)33-18-22)35-26(16-24)36-11-13-41-14-12-36/h2-6,15-18H,1,7-14,19-20H2,(H,34,39)(H2,31,32,33). The van der Waals surface area contributed by atoms with Crippen molar-refractivity contribution in [1.29, 1.82) is 0 Å². The number of hydrogen-bond acceptors (Lipinski definition) is 9. The van der Waals surface area contributed by atoms with Crippen LogP contribution in [0.2, 0.25) is 0 Å². The van der Waals surface area contributed by atoms with Gasteiger partial charge in [0.2, 0.25) is 11.9 Å². The number of nitrogens with two attached hydrogens (primary N) is 1. The van der Waals surface area contributed by atoms with E-state index in [-0.39, 0.29) is 23.2 Å². The van der Waals surface area contributed by atoms with Crippen LogP contribution in [0.15, 0.2) is 61.4 Å². The first kappa shape index (κ1) is 26.7. The molecule has 3 fully saturated rings. The monoisotopic (exact) mass is 554 g/mol. The van der Waals surface area contributed by atoms with Gasteiger partial charge in [0.05, 0.1) is 18.9 Å². The topological polar surface area (TPSA) is 130 Å². The molecule has 2 aromatic heterocycles. The molecular formula is C30H34N8O3. The van der Waals surface area contributed by atoms with E-state index in [0.29, 0.717) is 24.5 Å². The number of anilines is 4. The lowest BCUT2D eigenvalue weighted by molar-refractivity contribution is -0.111. The van der Waals surface area contributed by atoms with Gasteiger partial charge in [-0.3, -0.25) is 9.59 Å². The van der Waals surface area contributed by atoms with Crippen LogP contribution in [-0.4, -0.2) is 84.1 Å². The maximum Gasteiger partial charge on any atom is 0.253 e. The molecule has 2 amide bonds. The molecular weight excluding hydrogens is 520 g/mol. The molecule has 1 aromatic carbocycles. The van der Waals surface area contributed by atoms with Gasteiger partial charge in [-0.25, -0.2) is 15.0 Å². The van der Waals surface area contributed by atoms with Crippen molar-refractivity contribution in [1.82, 2.24) is 19.9 Å². The third-order valence-corrected chi connectivity index (χ3v) is 8.21. The van der Waals surface area contributed by atoms with Crippen LogP contribution in [0, 0.1) is 5.41 Å². The molecule has 41 heavy (non-hydrogen) atoms. The van der Waals surface area contributed by atoms with Crippen molar-refractivity contribution in [2.45, 2.75) is 12.8 Å². The van der Waals surface area contributed by atoms with Gasteiger partial charge in [0.15, 0.2) is 0 Å². The summed E-state index contributed by atoms with van der Waals surface area (Å²) < 4.78 is 5.55. The quantitative estimate of drug-likeness (QED) is 0.442. The van der Waals surface area contributed by atoms with E-state index in [1.165, 1.54) is 6.08 Å². The summed E-state index contributed by atoms with van der Waals surface area (Å²) in [4.78, 5) is 44.5. The molecule has 3 aliphatic heterocycles. The van der Waals surface area contributed by atoms with Crippen LogP contribution >= 0.6 is 0 Å². The molecule has 1 spiro atoms. The largest absolute Gasteiger partial charge is 0.378 e. The molecule has 3 saturated heterocycles. The fourth-order valence-electron chi connectivity index (χ4n) is 5.78. The molecule has 3 aromatic rings. The van der Waals surface area contributed by atoms with Crippen molar-refractivity contribution >= 4 is 35.0 Å².